The maximum atomic E-state index is 13.3. The van der Waals surface area contributed by atoms with Crippen LogP contribution in [-0.4, -0.2) is 72.3 Å². The van der Waals surface area contributed by atoms with Crippen LogP contribution in [-0.2, 0) is 10.0 Å². The summed E-state index contributed by atoms with van der Waals surface area (Å²) in [6, 6.07) is 16.5. The van der Waals surface area contributed by atoms with Crippen LogP contribution in [0.25, 0.3) is 0 Å². The summed E-state index contributed by atoms with van der Waals surface area (Å²) in [5.74, 6) is 5.73. The molecule has 2 aromatic rings. The van der Waals surface area contributed by atoms with Crippen molar-refractivity contribution in [3.8, 4) is 11.8 Å². The molecule has 2 heterocycles. The molecule has 6 nitrogen and oxygen atoms in total. The Morgan fingerprint density at radius 2 is 1.75 bits per heavy atom. The first kappa shape index (κ1) is 23.0. The number of hydrogen-bond acceptors (Lipinski definition) is 5. The summed E-state index contributed by atoms with van der Waals surface area (Å²) in [6.45, 7) is 3.44. The summed E-state index contributed by atoms with van der Waals surface area (Å²) in [6.07, 6.45) is 1.02. The van der Waals surface area contributed by atoms with Crippen molar-refractivity contribution in [2.24, 2.45) is 0 Å². The molecule has 2 aliphatic heterocycles. The Hall–Kier alpha value is -2.21. The van der Waals surface area contributed by atoms with Gasteiger partial charge in [0.1, 0.15) is 6.10 Å². The van der Waals surface area contributed by atoms with Gasteiger partial charge in [-0.3, -0.25) is 4.90 Å². The van der Waals surface area contributed by atoms with Gasteiger partial charge in [-0.1, -0.05) is 42.2 Å². The molecule has 2 fully saturated rings. The molecule has 2 aromatic carbocycles. The van der Waals surface area contributed by atoms with Gasteiger partial charge in [0.15, 0.2) is 0 Å². The molecule has 2 aliphatic rings. The van der Waals surface area contributed by atoms with Crippen LogP contribution in [0.15, 0.2) is 59.5 Å². The van der Waals surface area contributed by atoms with Crippen LogP contribution in [0.4, 0.5) is 0 Å². The number of sulfonamides is 1. The molecular weight excluding hydrogens is 424 g/mol. The highest BCUT2D eigenvalue weighted by Crippen LogP contribution is 2.42. The molecule has 0 amide bonds. The van der Waals surface area contributed by atoms with Crippen LogP contribution in [0.2, 0.25) is 0 Å². The molecule has 2 saturated heterocycles. The molecule has 7 heteroatoms. The highest BCUT2D eigenvalue weighted by molar-refractivity contribution is 7.89. The highest BCUT2D eigenvalue weighted by atomic mass is 32.2. The van der Waals surface area contributed by atoms with Gasteiger partial charge in [-0.2, -0.15) is 4.31 Å². The Labute approximate surface area is 190 Å². The molecule has 0 radical (unpaired) electrons. The lowest BCUT2D eigenvalue weighted by molar-refractivity contribution is -0.0553. The van der Waals surface area contributed by atoms with Gasteiger partial charge < -0.3 is 10.2 Å². The van der Waals surface area contributed by atoms with E-state index in [1.54, 1.807) is 35.5 Å². The second-order valence-corrected chi connectivity index (χ2v) is 10.5. The first-order chi connectivity index (χ1) is 15.4. The number of benzene rings is 2. The van der Waals surface area contributed by atoms with E-state index in [2.05, 4.69) is 16.7 Å². The first-order valence-electron chi connectivity index (χ1n) is 11.1. The fourth-order valence-corrected chi connectivity index (χ4v) is 6.36. The van der Waals surface area contributed by atoms with Gasteiger partial charge in [0.05, 0.1) is 11.5 Å². The molecule has 4 atom stereocenters. The molecule has 0 aromatic heterocycles. The second-order valence-electron chi connectivity index (χ2n) is 8.53. The van der Waals surface area contributed by atoms with Crippen molar-refractivity contribution >= 4 is 10.0 Å². The Balaban J connectivity index is 1.60. The van der Waals surface area contributed by atoms with E-state index >= 15 is 0 Å². The minimum Gasteiger partial charge on any atom is -0.395 e. The Bertz CT molecular complexity index is 1070. The van der Waals surface area contributed by atoms with E-state index in [-0.39, 0.29) is 24.6 Å². The fraction of sp³-hybridized carbons (Fsp3) is 0.440. The van der Waals surface area contributed by atoms with Gasteiger partial charge in [0.2, 0.25) is 10.0 Å². The van der Waals surface area contributed by atoms with Crippen LogP contribution in [0.5, 0.6) is 0 Å². The van der Waals surface area contributed by atoms with E-state index < -0.39 is 16.1 Å². The molecule has 4 rings (SSSR count). The number of hydrogen-bond donors (Lipinski definition) is 2. The van der Waals surface area contributed by atoms with Crippen molar-refractivity contribution in [3.63, 3.8) is 0 Å². The van der Waals surface area contributed by atoms with Crippen LogP contribution in [0, 0.1) is 11.8 Å². The summed E-state index contributed by atoms with van der Waals surface area (Å²) < 4.78 is 28.2. The van der Waals surface area contributed by atoms with Gasteiger partial charge in [0.25, 0.3) is 0 Å². The third-order valence-electron chi connectivity index (χ3n) is 6.43. The summed E-state index contributed by atoms with van der Waals surface area (Å²) in [4.78, 5) is 2.58. The molecule has 32 heavy (non-hydrogen) atoms. The smallest absolute Gasteiger partial charge is 0.243 e. The van der Waals surface area contributed by atoms with Crippen LogP contribution < -0.4 is 0 Å². The lowest BCUT2D eigenvalue weighted by atomic mass is 9.74. The quantitative estimate of drug-likeness (QED) is 0.691. The molecule has 170 valence electrons. The predicted octanol–water partition coefficient (Wildman–Crippen LogP) is 2.03. The Kier molecular flexibility index (Phi) is 6.99. The Morgan fingerprint density at radius 3 is 2.41 bits per heavy atom. The van der Waals surface area contributed by atoms with Crippen LogP contribution in [0.1, 0.15) is 36.8 Å². The normalized spacial score (nSPS) is 25.4. The van der Waals surface area contributed by atoms with Crippen LogP contribution >= 0.6 is 0 Å². The van der Waals surface area contributed by atoms with Crippen molar-refractivity contribution in [1.29, 1.82) is 0 Å². The topological polar surface area (TPSA) is 81.1 Å². The SMILES string of the molecule is C[C@H](O)C#Cc1ccc([C@@H]2[C@@H](CO)N3CCCCN(S(=O)(=O)c4ccccc4)C[C@H]23)cc1. The third kappa shape index (κ3) is 4.61. The van der Waals surface area contributed by atoms with E-state index in [9.17, 15) is 18.6 Å². The van der Waals surface area contributed by atoms with Crippen molar-refractivity contribution < 1.29 is 18.6 Å². The molecule has 0 saturated carbocycles. The number of aliphatic hydroxyl groups excluding tert-OH is 2. The lowest BCUT2D eigenvalue weighted by Gasteiger charge is -2.57. The number of fused-ring (bicyclic) bond motifs is 1. The average molecular weight is 455 g/mol. The molecule has 0 spiro atoms. The zero-order valence-electron chi connectivity index (χ0n) is 18.3. The van der Waals surface area contributed by atoms with Gasteiger partial charge in [-0.25, -0.2) is 8.42 Å². The number of nitrogens with zero attached hydrogens (tertiary/aromatic N) is 2. The summed E-state index contributed by atoms with van der Waals surface area (Å²) >= 11 is 0. The molecule has 2 N–H and O–H groups in total. The van der Waals surface area contributed by atoms with E-state index in [0.29, 0.717) is 18.0 Å². The van der Waals surface area contributed by atoms with Crippen molar-refractivity contribution in [2.45, 2.75) is 48.8 Å². The summed E-state index contributed by atoms with van der Waals surface area (Å²) in [7, 11) is -3.57. The molecular formula is C25H30N2O4S. The Morgan fingerprint density at radius 1 is 1.06 bits per heavy atom. The first-order valence-corrected chi connectivity index (χ1v) is 12.6. The maximum absolute atomic E-state index is 13.3. The number of rotatable bonds is 4. The molecule has 0 unspecified atom stereocenters. The van der Waals surface area contributed by atoms with Gasteiger partial charge >= 0.3 is 0 Å². The third-order valence-corrected chi connectivity index (χ3v) is 8.31. The zero-order chi connectivity index (χ0) is 22.7. The molecule has 0 aliphatic carbocycles. The summed E-state index contributed by atoms with van der Waals surface area (Å²) in [5.41, 5.74) is 1.89. The van der Waals surface area contributed by atoms with E-state index in [4.69, 9.17) is 0 Å². The van der Waals surface area contributed by atoms with Crippen molar-refractivity contribution in [1.82, 2.24) is 9.21 Å². The average Bonchev–Trinajstić information content (AvgIpc) is 2.78. The monoisotopic (exact) mass is 454 g/mol. The summed E-state index contributed by atoms with van der Waals surface area (Å²) in [5, 5.41) is 19.5. The minimum absolute atomic E-state index is 0.0142. The number of aliphatic hydroxyl groups is 2. The molecule has 0 bridgehead atoms. The van der Waals surface area contributed by atoms with E-state index in [1.165, 1.54) is 0 Å². The van der Waals surface area contributed by atoms with E-state index in [1.807, 2.05) is 30.3 Å². The fourth-order valence-electron chi connectivity index (χ4n) is 4.85. The second kappa shape index (κ2) is 9.74. The standard InChI is InChI=1S/C25H30N2O4S/c1-19(29)9-10-20-11-13-21(14-12-20)25-23-17-26(15-5-6-16-27(23)24(25)18-28)32(30,31)22-7-3-2-4-8-22/h2-4,7-8,11-14,19,23-25,28-29H,5-6,15-18H2,1H3/t19-,23+,24+,25-/m0/s1. The van der Waals surface area contributed by atoms with Gasteiger partial charge in [-0.15, -0.1) is 0 Å². The van der Waals surface area contributed by atoms with Crippen molar-refractivity contribution in [3.05, 3.63) is 65.7 Å². The van der Waals surface area contributed by atoms with Crippen LogP contribution in [0.3, 0.4) is 0 Å². The van der Waals surface area contributed by atoms with E-state index in [0.717, 1.165) is 30.5 Å². The minimum atomic E-state index is -3.57. The van der Waals surface area contributed by atoms with Gasteiger partial charge in [-0.05, 0) is 56.1 Å². The predicted molar refractivity (Wildman–Crippen MR) is 124 cm³/mol. The maximum Gasteiger partial charge on any atom is 0.243 e. The zero-order valence-corrected chi connectivity index (χ0v) is 19.1. The largest absolute Gasteiger partial charge is 0.395 e. The van der Waals surface area contributed by atoms with Gasteiger partial charge in [0, 0.05) is 36.7 Å². The highest BCUT2D eigenvalue weighted by Gasteiger charge is 2.50. The lowest BCUT2D eigenvalue weighted by Crippen LogP contribution is -2.67. The van der Waals surface area contributed by atoms with Crippen molar-refractivity contribution in [2.75, 3.05) is 26.2 Å².